The number of ether oxygens (including phenoxy) is 4. The number of tetrazole rings is 1. The van der Waals surface area contributed by atoms with Gasteiger partial charge in [-0.3, -0.25) is 43.2 Å². The van der Waals surface area contributed by atoms with E-state index < -0.39 is 191 Å². The van der Waals surface area contributed by atoms with Gasteiger partial charge >= 0.3 is 11.9 Å². The number of carbonyl (C=O) groups is 10. The monoisotopic (exact) mass is 1470 g/mol. The van der Waals surface area contributed by atoms with Gasteiger partial charge in [0, 0.05) is 57.0 Å². The summed E-state index contributed by atoms with van der Waals surface area (Å²) >= 11 is 0. The number of benzene rings is 4. The highest BCUT2D eigenvalue weighted by atomic mass is 19.1. The van der Waals surface area contributed by atoms with Crippen LogP contribution < -0.4 is 26.6 Å². The first-order chi connectivity index (χ1) is 49.4. The van der Waals surface area contributed by atoms with E-state index in [2.05, 4.69) is 93.2 Å². The van der Waals surface area contributed by atoms with Crippen LogP contribution in [-0.2, 0) is 91.7 Å². The summed E-state index contributed by atoms with van der Waals surface area (Å²) in [5, 5.41) is 37.5. The first kappa shape index (κ1) is 85.2. The molecule has 0 aliphatic heterocycles. The quantitative estimate of drug-likeness (QED) is 0.0109. The summed E-state index contributed by atoms with van der Waals surface area (Å²) < 4.78 is 41.8. The van der Waals surface area contributed by atoms with Crippen molar-refractivity contribution in [2.24, 2.45) is 16.7 Å². The van der Waals surface area contributed by atoms with Crippen LogP contribution in [0.3, 0.4) is 0 Å². The van der Waals surface area contributed by atoms with Crippen LogP contribution in [0.4, 0.5) is 4.39 Å². The fraction of sp³-hybridized carbons (Fsp3) is 0.519. The Balaban J connectivity index is 1.22. The van der Waals surface area contributed by atoms with E-state index in [1.165, 1.54) is 58.9 Å². The Hall–Kier alpha value is -9.73. The molecule has 4 aromatic carbocycles. The summed E-state index contributed by atoms with van der Waals surface area (Å²) in [5.41, 5.74) is -4.71. The number of hydrogen-bond acceptors (Lipinski definition) is 18. The predicted molar refractivity (Wildman–Crippen MR) is 393 cm³/mol. The van der Waals surface area contributed by atoms with Gasteiger partial charge in [0.15, 0.2) is 23.2 Å². The third-order valence-electron chi connectivity index (χ3n) is 17.4. The lowest BCUT2D eigenvalue weighted by Crippen LogP contribution is -2.57. The average Bonchev–Trinajstić information content (AvgIpc) is 1.30. The number of aliphatic carboxylic acids is 1. The number of halogens is 1. The number of hydrogen-bond donors (Lipinski definition) is 7. The lowest BCUT2D eigenvalue weighted by Gasteiger charge is -2.38. The summed E-state index contributed by atoms with van der Waals surface area (Å²) in [6.45, 7) is 27.0. The number of nitrogens with zero attached hydrogens (tertiary/aromatic N) is 5. The molecule has 27 heteroatoms. The summed E-state index contributed by atoms with van der Waals surface area (Å²) in [5.74, 6) is -11.1. The fourth-order valence-corrected chi connectivity index (χ4v) is 12.3. The smallest absolute Gasteiger partial charge is 0.326 e. The molecule has 8 atom stereocenters. The number of H-pyrrole nitrogens is 1. The van der Waals surface area contributed by atoms with Crippen LogP contribution in [0.2, 0.25) is 0 Å². The molecule has 2 heterocycles. The van der Waals surface area contributed by atoms with Gasteiger partial charge in [-0.2, -0.15) is 5.21 Å². The van der Waals surface area contributed by atoms with Gasteiger partial charge in [-0.05, 0) is 146 Å². The minimum absolute atomic E-state index is 0.00320. The molecule has 574 valence electrons. The van der Waals surface area contributed by atoms with E-state index in [0.29, 0.717) is 0 Å². The van der Waals surface area contributed by atoms with Crippen LogP contribution in [0.5, 0.6) is 0 Å². The topological polar surface area (TPSA) is 360 Å². The molecule has 6 aromatic rings. The van der Waals surface area contributed by atoms with E-state index in [1.807, 2.05) is 54.6 Å². The molecule has 0 bridgehead atoms. The molecular formula is C79H106FN11O15. The molecule has 26 nitrogen and oxygen atoms in total. The van der Waals surface area contributed by atoms with E-state index >= 15 is 14.0 Å². The van der Waals surface area contributed by atoms with Crippen molar-refractivity contribution in [3.8, 4) is 0 Å². The van der Waals surface area contributed by atoms with Crippen molar-refractivity contribution in [2.45, 2.75) is 233 Å². The molecule has 0 saturated heterocycles. The lowest BCUT2D eigenvalue weighted by molar-refractivity contribution is -0.159. The Morgan fingerprint density at radius 3 is 1.62 bits per heavy atom. The number of ketones is 3. The Bertz CT molecular complexity index is 3880. The maximum atomic E-state index is 15.9. The zero-order valence-corrected chi connectivity index (χ0v) is 64.0. The van der Waals surface area contributed by atoms with Crippen molar-refractivity contribution in [1.29, 1.82) is 0 Å². The number of carbonyl (C=O) groups excluding carboxylic acids is 9. The molecule has 0 unspecified atom stereocenters. The van der Waals surface area contributed by atoms with Crippen molar-refractivity contribution in [3.05, 3.63) is 167 Å². The molecule has 106 heavy (non-hydrogen) atoms. The number of imidazole rings is 1. The highest BCUT2D eigenvalue weighted by Gasteiger charge is 2.46. The fourth-order valence-electron chi connectivity index (χ4n) is 12.3. The maximum absolute atomic E-state index is 15.9. The SMILES string of the molecule is C[C@@H](OC(C)(C)C)[C@H](NC(=O)CCC(=O)[C@H](Cc1nn[nH]n1)NC(=O)C(C)(C)C(=O)NCCc1cncn1C(c1ccccc1)(c1ccccc1)c1ccccc1)C(=O)C[C@@](C)(Cc1ccccc1F)C(=O)N[C@H](C(=O)C[C@@H](COC(C)(C)C)C(=O)N[C@@H](CC(=O)OC(C)(C)C)C(=O)O)[C@@H](C)OC(C)(C)C. The first-order valence-electron chi connectivity index (χ1n) is 35.6. The molecule has 0 fully saturated rings. The van der Waals surface area contributed by atoms with E-state index in [9.17, 15) is 43.5 Å². The Morgan fingerprint density at radius 1 is 0.585 bits per heavy atom. The van der Waals surface area contributed by atoms with Crippen molar-refractivity contribution >= 4 is 58.8 Å². The number of aromatic amines is 1. The van der Waals surface area contributed by atoms with Crippen LogP contribution in [0.25, 0.3) is 0 Å². The van der Waals surface area contributed by atoms with Gasteiger partial charge in [-0.15, -0.1) is 10.2 Å². The van der Waals surface area contributed by atoms with Crippen molar-refractivity contribution in [1.82, 2.24) is 56.8 Å². The largest absolute Gasteiger partial charge is 0.480 e. The lowest BCUT2D eigenvalue weighted by atomic mass is 9.76. The molecule has 2 aromatic heterocycles. The van der Waals surface area contributed by atoms with Gasteiger partial charge in [0.05, 0.1) is 65.7 Å². The Kier molecular flexibility index (Phi) is 29.4. The van der Waals surface area contributed by atoms with Gasteiger partial charge in [0.1, 0.15) is 40.5 Å². The second-order valence-electron chi connectivity index (χ2n) is 31.5. The second kappa shape index (κ2) is 36.5. The number of aromatic nitrogens is 6. The minimum Gasteiger partial charge on any atom is -0.480 e. The summed E-state index contributed by atoms with van der Waals surface area (Å²) in [4.78, 5) is 147. The summed E-state index contributed by atoms with van der Waals surface area (Å²) in [6, 6.07) is 29.3. The number of carboxylic acid groups (broad SMARTS) is 1. The van der Waals surface area contributed by atoms with Crippen LogP contribution >= 0.6 is 0 Å². The number of esters is 1. The van der Waals surface area contributed by atoms with Gasteiger partial charge in [0.2, 0.25) is 29.5 Å². The molecule has 0 aliphatic carbocycles. The van der Waals surface area contributed by atoms with Gasteiger partial charge < -0.3 is 55.2 Å². The van der Waals surface area contributed by atoms with Crippen LogP contribution in [0.1, 0.15) is 184 Å². The normalized spacial score (nSPS) is 14.8. The minimum atomic E-state index is -1.96. The Labute approximate surface area is 620 Å². The predicted octanol–water partition coefficient (Wildman–Crippen LogP) is 8.41. The molecule has 0 saturated carbocycles. The van der Waals surface area contributed by atoms with Gasteiger partial charge in [-0.25, -0.2) is 14.2 Å². The zero-order chi connectivity index (χ0) is 78.8. The highest BCUT2D eigenvalue weighted by molar-refractivity contribution is 6.06. The van der Waals surface area contributed by atoms with Gasteiger partial charge in [-0.1, -0.05) is 121 Å². The van der Waals surface area contributed by atoms with E-state index in [1.54, 1.807) is 95.6 Å². The van der Waals surface area contributed by atoms with Gasteiger partial charge in [0.25, 0.3) is 0 Å². The molecule has 0 radical (unpaired) electrons. The Morgan fingerprint density at radius 2 is 1.12 bits per heavy atom. The number of amides is 5. The zero-order valence-electron chi connectivity index (χ0n) is 64.0. The van der Waals surface area contributed by atoms with E-state index in [-0.39, 0.29) is 30.8 Å². The average molecular weight is 1470 g/mol. The number of rotatable bonds is 38. The molecule has 7 N–H and O–H groups in total. The highest BCUT2D eigenvalue weighted by Crippen LogP contribution is 2.42. The van der Waals surface area contributed by atoms with E-state index in [0.717, 1.165) is 22.4 Å². The van der Waals surface area contributed by atoms with E-state index in [4.69, 9.17) is 18.9 Å². The molecule has 5 amide bonds. The number of nitrogens with one attached hydrogen (secondary N) is 6. The third kappa shape index (κ3) is 24.7. The third-order valence-corrected chi connectivity index (χ3v) is 17.4. The van der Waals surface area contributed by atoms with Crippen molar-refractivity contribution < 1.29 is 76.4 Å². The van der Waals surface area contributed by atoms with Crippen molar-refractivity contribution in [2.75, 3.05) is 13.2 Å². The number of carboxylic acids is 1. The first-order valence-corrected chi connectivity index (χ1v) is 35.6. The molecule has 0 aliphatic rings. The summed E-state index contributed by atoms with van der Waals surface area (Å²) in [6.07, 6.45) is -2.52. The van der Waals surface area contributed by atoms with Crippen LogP contribution in [0.15, 0.2) is 128 Å². The van der Waals surface area contributed by atoms with Crippen molar-refractivity contribution in [3.63, 3.8) is 0 Å². The van der Waals surface area contributed by atoms with Crippen LogP contribution in [-0.4, -0.2) is 166 Å². The molecular weight excluding hydrogens is 1360 g/mol. The molecule has 6 rings (SSSR count). The number of Topliss-reactive ketones (excluding diaryl/α,β-unsaturated/α-hetero) is 3. The second-order valence-corrected chi connectivity index (χ2v) is 31.5. The standard InChI is InChI=1S/C79H106FN11O15/c1-49(104-74(6,7)8)66(61(93)41-52(47-103-73(3,4)5)68(97)83-59(69(98)99)43-65(96)106-76(12,13)14)86-72(102)78(17,44-51-29-27-28-36-57(51)80)45-62(94)67(50(2)105-75(9,10)11)85-64(95)38-37-60(92)58(42-63-87-89-90-88-63)84-71(101)77(15,16)70(100)82-40-39-56-46-81-48-91(56)79(53-30-21-18-22-31-53,54-32-23-19-24-33-54)55-34-25-20-26-35-55/h18-36,46,48-50,52,58-59,66-67H,37-45,47H2,1-17H3,(H,82,100)(H,83,97)(H,84,101)(H,85,95)(H,86,102)(H,98,99)(H,87,88,89,90)/t49-,50-,52+,58+,59+,66+,67+,78-/m1/s1. The molecule has 0 spiro atoms. The maximum Gasteiger partial charge on any atom is 0.326 e. The van der Waals surface area contributed by atoms with Crippen LogP contribution in [0, 0.1) is 22.6 Å². The summed E-state index contributed by atoms with van der Waals surface area (Å²) in [7, 11) is 0.